The van der Waals surface area contributed by atoms with Gasteiger partial charge in [-0.2, -0.15) is 0 Å². The van der Waals surface area contributed by atoms with Crippen molar-refractivity contribution in [2.75, 3.05) is 13.2 Å². The normalized spacial score (nSPS) is 10.2. The van der Waals surface area contributed by atoms with Gasteiger partial charge in [0.05, 0.1) is 18.6 Å². The molecule has 0 saturated heterocycles. The van der Waals surface area contributed by atoms with E-state index >= 15 is 0 Å². The Hall–Kier alpha value is -2.50. The topological polar surface area (TPSA) is 91.5 Å². The summed E-state index contributed by atoms with van der Waals surface area (Å²) in [4.78, 5) is 7.98. The Morgan fingerprint density at radius 1 is 1.25 bits per heavy atom. The lowest BCUT2D eigenvalue weighted by molar-refractivity contribution is 0.307. The zero-order chi connectivity index (χ0) is 14.2. The molecule has 2 aromatic rings. The minimum atomic E-state index is 0.136. The Kier molecular flexibility index (Phi) is 5.00. The Morgan fingerprint density at radius 3 is 2.85 bits per heavy atom. The number of para-hydroxylation sites is 2. The maximum Gasteiger partial charge on any atom is 0.185 e. The van der Waals surface area contributed by atoms with Crippen molar-refractivity contribution in [1.82, 2.24) is 9.55 Å². The van der Waals surface area contributed by atoms with Crippen LogP contribution >= 0.6 is 0 Å². The van der Waals surface area contributed by atoms with Crippen LogP contribution in [0.15, 0.2) is 48.0 Å². The van der Waals surface area contributed by atoms with E-state index < -0.39 is 0 Å². The molecule has 2 rings (SSSR count). The predicted molar refractivity (Wildman–Crippen MR) is 79.0 cm³/mol. The molecule has 1 aromatic heterocycles. The smallest absolute Gasteiger partial charge is 0.185 e. The predicted octanol–water partition coefficient (Wildman–Crippen LogP) is 1.30. The third-order valence-electron chi connectivity index (χ3n) is 2.75. The molecule has 0 saturated carbocycles. The molecule has 6 nitrogen and oxygen atoms in total. The van der Waals surface area contributed by atoms with E-state index in [1.165, 1.54) is 0 Å². The van der Waals surface area contributed by atoms with Gasteiger partial charge in [0, 0.05) is 18.9 Å². The van der Waals surface area contributed by atoms with Crippen molar-refractivity contribution in [3.63, 3.8) is 0 Å². The largest absolute Gasteiger partial charge is 0.491 e. The first-order valence-electron chi connectivity index (χ1n) is 6.53. The number of guanidine groups is 1. The zero-order valence-corrected chi connectivity index (χ0v) is 11.3. The maximum atomic E-state index is 5.81. The fourth-order valence-corrected chi connectivity index (χ4v) is 1.80. The van der Waals surface area contributed by atoms with Crippen LogP contribution in [0.1, 0.15) is 12.8 Å². The fourth-order valence-electron chi connectivity index (χ4n) is 1.80. The molecule has 6 heteroatoms. The summed E-state index contributed by atoms with van der Waals surface area (Å²) < 4.78 is 7.73. The first kappa shape index (κ1) is 13.9. The Bertz CT molecular complexity index is 546. The number of hydrogen-bond acceptors (Lipinski definition) is 3. The van der Waals surface area contributed by atoms with Gasteiger partial charge < -0.3 is 20.8 Å². The summed E-state index contributed by atoms with van der Waals surface area (Å²) in [6.45, 7) is 1.26. The fraction of sp³-hybridized carbons (Fsp3) is 0.286. The molecule has 0 fully saturated rings. The Morgan fingerprint density at radius 2 is 2.10 bits per heavy atom. The van der Waals surface area contributed by atoms with Crippen molar-refractivity contribution < 1.29 is 4.74 Å². The van der Waals surface area contributed by atoms with E-state index in [0.717, 1.165) is 24.3 Å². The van der Waals surface area contributed by atoms with E-state index in [-0.39, 0.29) is 5.96 Å². The van der Waals surface area contributed by atoms with E-state index in [2.05, 4.69) is 9.98 Å². The van der Waals surface area contributed by atoms with Crippen LogP contribution in [0.25, 0.3) is 5.69 Å². The molecule has 0 aliphatic rings. The molecule has 0 radical (unpaired) electrons. The van der Waals surface area contributed by atoms with Gasteiger partial charge in [-0.25, -0.2) is 4.98 Å². The third kappa shape index (κ3) is 4.01. The van der Waals surface area contributed by atoms with E-state index in [1.54, 1.807) is 12.5 Å². The van der Waals surface area contributed by atoms with Gasteiger partial charge in [0.15, 0.2) is 5.96 Å². The molecule has 0 aliphatic carbocycles. The minimum absolute atomic E-state index is 0.136. The van der Waals surface area contributed by atoms with Crippen LogP contribution in [0.3, 0.4) is 0 Å². The van der Waals surface area contributed by atoms with E-state index in [1.807, 2.05) is 35.0 Å². The van der Waals surface area contributed by atoms with E-state index in [0.29, 0.717) is 13.2 Å². The van der Waals surface area contributed by atoms with Gasteiger partial charge in [0.2, 0.25) is 0 Å². The molecule has 0 bridgehead atoms. The zero-order valence-electron chi connectivity index (χ0n) is 11.3. The highest BCUT2D eigenvalue weighted by atomic mass is 16.5. The van der Waals surface area contributed by atoms with Crippen molar-refractivity contribution in [3.8, 4) is 11.4 Å². The average molecular weight is 273 g/mol. The van der Waals surface area contributed by atoms with Crippen LogP contribution in [-0.2, 0) is 0 Å². The molecule has 1 aromatic carbocycles. The van der Waals surface area contributed by atoms with Crippen LogP contribution < -0.4 is 16.2 Å². The number of nitrogens with two attached hydrogens (primary N) is 2. The lowest BCUT2D eigenvalue weighted by Gasteiger charge is -2.11. The quantitative estimate of drug-likeness (QED) is 0.452. The lowest BCUT2D eigenvalue weighted by Crippen LogP contribution is -2.23. The highest BCUT2D eigenvalue weighted by Gasteiger charge is 2.04. The number of imidazole rings is 1. The highest BCUT2D eigenvalue weighted by Crippen LogP contribution is 2.22. The third-order valence-corrected chi connectivity index (χ3v) is 2.75. The first-order chi connectivity index (χ1) is 9.77. The number of aromatic nitrogens is 2. The van der Waals surface area contributed by atoms with Crippen molar-refractivity contribution in [2.45, 2.75) is 12.8 Å². The molecule has 0 atom stereocenters. The second-order valence-corrected chi connectivity index (χ2v) is 4.30. The first-order valence-corrected chi connectivity index (χ1v) is 6.53. The monoisotopic (exact) mass is 273 g/mol. The number of nitrogens with zero attached hydrogens (tertiary/aromatic N) is 3. The summed E-state index contributed by atoms with van der Waals surface area (Å²) in [5.74, 6) is 0.976. The van der Waals surface area contributed by atoms with Gasteiger partial charge in [-0.1, -0.05) is 12.1 Å². The second kappa shape index (κ2) is 7.18. The van der Waals surface area contributed by atoms with Gasteiger partial charge in [-0.3, -0.25) is 4.99 Å². The molecule has 4 N–H and O–H groups in total. The molecule has 20 heavy (non-hydrogen) atoms. The molecule has 1 heterocycles. The van der Waals surface area contributed by atoms with Crippen molar-refractivity contribution in [1.29, 1.82) is 0 Å². The summed E-state index contributed by atoms with van der Waals surface area (Å²) >= 11 is 0. The summed E-state index contributed by atoms with van der Waals surface area (Å²) in [7, 11) is 0. The van der Waals surface area contributed by atoms with Gasteiger partial charge in [-0.05, 0) is 25.0 Å². The molecule has 0 amide bonds. The SMILES string of the molecule is NC(N)=NCCCCOc1ccccc1-n1ccnc1. The van der Waals surface area contributed by atoms with E-state index in [9.17, 15) is 0 Å². The average Bonchev–Trinajstić information content (AvgIpc) is 2.97. The van der Waals surface area contributed by atoms with Gasteiger partial charge >= 0.3 is 0 Å². The summed E-state index contributed by atoms with van der Waals surface area (Å²) in [5.41, 5.74) is 11.5. The molecular weight excluding hydrogens is 254 g/mol. The van der Waals surface area contributed by atoms with Crippen LogP contribution in [0.5, 0.6) is 5.75 Å². The van der Waals surface area contributed by atoms with Crippen molar-refractivity contribution in [3.05, 3.63) is 43.0 Å². The molecule has 0 unspecified atom stereocenters. The van der Waals surface area contributed by atoms with Crippen LogP contribution in [0.4, 0.5) is 0 Å². The van der Waals surface area contributed by atoms with Crippen LogP contribution in [-0.4, -0.2) is 28.7 Å². The lowest BCUT2D eigenvalue weighted by atomic mass is 10.3. The number of benzene rings is 1. The van der Waals surface area contributed by atoms with Gasteiger partial charge in [0.25, 0.3) is 0 Å². The van der Waals surface area contributed by atoms with Crippen molar-refractivity contribution >= 4 is 5.96 Å². The van der Waals surface area contributed by atoms with Crippen LogP contribution in [0, 0.1) is 0 Å². The standard InChI is InChI=1S/C14H19N5O/c15-14(16)18-7-3-4-10-20-13-6-2-1-5-12(13)19-9-8-17-11-19/h1-2,5-6,8-9,11H,3-4,7,10H2,(H4,15,16,18). The summed E-state index contributed by atoms with van der Waals surface area (Å²) in [5, 5.41) is 0. The Balaban J connectivity index is 1.86. The molecule has 0 spiro atoms. The van der Waals surface area contributed by atoms with Crippen LogP contribution in [0.2, 0.25) is 0 Å². The highest BCUT2D eigenvalue weighted by molar-refractivity contribution is 5.75. The molecule has 106 valence electrons. The molecule has 0 aliphatic heterocycles. The van der Waals surface area contributed by atoms with Gasteiger partial charge in [-0.15, -0.1) is 0 Å². The number of unbranched alkanes of at least 4 members (excludes halogenated alkanes) is 1. The van der Waals surface area contributed by atoms with Gasteiger partial charge in [0.1, 0.15) is 5.75 Å². The number of hydrogen-bond donors (Lipinski definition) is 2. The van der Waals surface area contributed by atoms with E-state index in [4.69, 9.17) is 16.2 Å². The minimum Gasteiger partial charge on any atom is -0.491 e. The number of ether oxygens (including phenoxy) is 1. The maximum absolute atomic E-state index is 5.81. The summed E-state index contributed by atoms with van der Waals surface area (Å²) in [6, 6.07) is 7.87. The number of rotatable bonds is 7. The Labute approximate surface area is 118 Å². The van der Waals surface area contributed by atoms with Crippen molar-refractivity contribution in [2.24, 2.45) is 16.5 Å². The summed E-state index contributed by atoms with van der Waals surface area (Å²) in [6.07, 6.45) is 7.17. The number of aliphatic imine (C=N–C) groups is 1. The molecular formula is C14H19N5O. The second-order valence-electron chi connectivity index (χ2n) is 4.30.